The fraction of sp³-hybridized carbons (Fsp3) is 0.562. The second-order valence-electron chi connectivity index (χ2n) is 5.39. The van der Waals surface area contributed by atoms with Crippen molar-refractivity contribution in [3.05, 3.63) is 29.3 Å². The maximum atomic E-state index is 12.2. The van der Waals surface area contributed by atoms with Crippen molar-refractivity contribution in [1.82, 2.24) is 5.32 Å². The van der Waals surface area contributed by atoms with Gasteiger partial charge in [0.2, 0.25) is 5.91 Å². The number of methoxy groups -OCH3 is 1. The van der Waals surface area contributed by atoms with Gasteiger partial charge in [0, 0.05) is 32.5 Å². The Bertz CT molecular complexity index is 474. The summed E-state index contributed by atoms with van der Waals surface area (Å²) in [5.41, 5.74) is 3.83. The number of nitrogens with zero attached hydrogens (tertiary/aromatic N) is 1. The monoisotopic (exact) mass is 276 g/mol. The number of fused-ring (bicyclic) bond motifs is 1. The Balaban J connectivity index is 1.94. The molecule has 0 bridgehead atoms. The van der Waals surface area contributed by atoms with Gasteiger partial charge in [0.05, 0.1) is 0 Å². The molecule has 1 amide bonds. The highest BCUT2D eigenvalue weighted by Crippen LogP contribution is 2.30. The summed E-state index contributed by atoms with van der Waals surface area (Å²) in [6.07, 6.45) is 1.88. The number of rotatable bonds is 6. The number of carbonyl (C=O) groups excluding carboxylic acids is 1. The summed E-state index contributed by atoms with van der Waals surface area (Å²) in [5.74, 6) is 0.0922. The van der Waals surface area contributed by atoms with Gasteiger partial charge < -0.3 is 15.0 Å². The number of amides is 1. The molecule has 0 saturated heterocycles. The van der Waals surface area contributed by atoms with E-state index in [-0.39, 0.29) is 11.9 Å². The molecule has 4 heteroatoms. The van der Waals surface area contributed by atoms with Gasteiger partial charge in [0.15, 0.2) is 0 Å². The van der Waals surface area contributed by atoms with Gasteiger partial charge in [-0.15, -0.1) is 0 Å². The van der Waals surface area contributed by atoms with Gasteiger partial charge in [-0.05, 0) is 38.3 Å². The third-order valence-electron chi connectivity index (χ3n) is 3.84. The first-order valence-corrected chi connectivity index (χ1v) is 7.26. The van der Waals surface area contributed by atoms with Crippen LogP contribution in [0.4, 0.5) is 5.69 Å². The van der Waals surface area contributed by atoms with Gasteiger partial charge in [-0.3, -0.25) is 4.79 Å². The van der Waals surface area contributed by atoms with Crippen molar-refractivity contribution in [3.8, 4) is 0 Å². The van der Waals surface area contributed by atoms with Gasteiger partial charge in [-0.25, -0.2) is 0 Å². The summed E-state index contributed by atoms with van der Waals surface area (Å²) < 4.78 is 4.98. The van der Waals surface area contributed by atoms with Crippen LogP contribution in [0.3, 0.4) is 0 Å². The van der Waals surface area contributed by atoms with Crippen molar-refractivity contribution in [2.24, 2.45) is 0 Å². The molecule has 1 atom stereocenters. The lowest BCUT2D eigenvalue weighted by atomic mass is 10.1. The van der Waals surface area contributed by atoms with Gasteiger partial charge in [-0.1, -0.05) is 17.7 Å². The summed E-state index contributed by atoms with van der Waals surface area (Å²) in [4.78, 5) is 14.4. The van der Waals surface area contributed by atoms with E-state index in [4.69, 9.17) is 4.74 Å². The number of carbonyl (C=O) groups is 1. The molecule has 0 unspecified atom stereocenters. The summed E-state index contributed by atoms with van der Waals surface area (Å²) in [6, 6.07) is 6.34. The van der Waals surface area contributed by atoms with Crippen LogP contribution < -0.4 is 10.2 Å². The number of ether oxygens (including phenoxy) is 1. The van der Waals surface area contributed by atoms with Crippen LogP contribution in [-0.2, 0) is 16.0 Å². The smallest absolute Gasteiger partial charge is 0.242 e. The second kappa shape index (κ2) is 6.75. The first-order chi connectivity index (χ1) is 9.63. The van der Waals surface area contributed by atoms with Crippen molar-refractivity contribution >= 4 is 11.6 Å². The first-order valence-electron chi connectivity index (χ1n) is 7.26. The van der Waals surface area contributed by atoms with E-state index in [1.807, 2.05) is 6.92 Å². The number of nitrogens with one attached hydrogen (secondary N) is 1. The van der Waals surface area contributed by atoms with E-state index in [1.54, 1.807) is 7.11 Å². The van der Waals surface area contributed by atoms with Crippen LogP contribution in [-0.4, -0.2) is 38.8 Å². The Hall–Kier alpha value is -1.55. The molecule has 0 aromatic heterocycles. The molecule has 0 spiro atoms. The lowest BCUT2D eigenvalue weighted by Crippen LogP contribution is -2.45. The standard InChI is InChI=1S/C16H24N2O2/c1-12-5-6-15-14(11-12)7-9-18(15)13(2)16(19)17-8-4-10-20-3/h5-6,11,13H,4,7-10H2,1-3H3,(H,17,19)/t13-/m1/s1. The fourth-order valence-electron chi connectivity index (χ4n) is 2.68. The average Bonchev–Trinajstić information content (AvgIpc) is 2.85. The van der Waals surface area contributed by atoms with Crippen molar-refractivity contribution in [1.29, 1.82) is 0 Å². The zero-order valence-corrected chi connectivity index (χ0v) is 12.6. The molecule has 0 aliphatic carbocycles. The number of hydrogen-bond acceptors (Lipinski definition) is 3. The quantitative estimate of drug-likeness (QED) is 0.807. The molecule has 1 N–H and O–H groups in total. The Morgan fingerprint density at radius 1 is 1.50 bits per heavy atom. The Kier molecular flexibility index (Phi) is 5.01. The molecule has 20 heavy (non-hydrogen) atoms. The van der Waals surface area contributed by atoms with Gasteiger partial charge in [-0.2, -0.15) is 0 Å². The second-order valence-corrected chi connectivity index (χ2v) is 5.39. The maximum Gasteiger partial charge on any atom is 0.242 e. The first kappa shape index (κ1) is 14.9. The largest absolute Gasteiger partial charge is 0.385 e. The average molecular weight is 276 g/mol. The number of aryl methyl sites for hydroxylation is 1. The topological polar surface area (TPSA) is 41.6 Å². The normalized spacial score (nSPS) is 15.1. The van der Waals surface area contributed by atoms with Crippen molar-refractivity contribution in [2.75, 3.05) is 31.7 Å². The minimum absolute atomic E-state index is 0.0922. The van der Waals surface area contributed by atoms with E-state index >= 15 is 0 Å². The van der Waals surface area contributed by atoms with Crippen molar-refractivity contribution in [2.45, 2.75) is 32.7 Å². The van der Waals surface area contributed by atoms with E-state index in [0.29, 0.717) is 13.2 Å². The van der Waals surface area contributed by atoms with Crippen LogP contribution in [0, 0.1) is 6.92 Å². The van der Waals surface area contributed by atoms with Crippen LogP contribution in [0.2, 0.25) is 0 Å². The summed E-state index contributed by atoms with van der Waals surface area (Å²) in [7, 11) is 1.67. The minimum Gasteiger partial charge on any atom is -0.385 e. The molecular formula is C16H24N2O2. The maximum absolute atomic E-state index is 12.2. The van der Waals surface area contributed by atoms with E-state index < -0.39 is 0 Å². The lowest BCUT2D eigenvalue weighted by molar-refractivity contribution is -0.122. The highest BCUT2D eigenvalue weighted by Gasteiger charge is 2.27. The molecule has 1 heterocycles. The number of anilines is 1. The Morgan fingerprint density at radius 3 is 3.05 bits per heavy atom. The van der Waals surface area contributed by atoms with Crippen molar-refractivity contribution < 1.29 is 9.53 Å². The number of hydrogen-bond donors (Lipinski definition) is 1. The fourth-order valence-corrected chi connectivity index (χ4v) is 2.68. The molecule has 0 fully saturated rings. The van der Waals surface area contributed by atoms with Crippen LogP contribution in [0.5, 0.6) is 0 Å². The molecule has 0 saturated carbocycles. The van der Waals surface area contributed by atoms with Gasteiger partial charge >= 0.3 is 0 Å². The molecule has 1 aliphatic rings. The highest BCUT2D eigenvalue weighted by molar-refractivity contribution is 5.85. The van der Waals surface area contributed by atoms with Gasteiger partial charge in [0.25, 0.3) is 0 Å². The summed E-state index contributed by atoms with van der Waals surface area (Å²) in [5, 5.41) is 2.98. The molecule has 110 valence electrons. The highest BCUT2D eigenvalue weighted by atomic mass is 16.5. The molecule has 1 aromatic rings. The molecular weight excluding hydrogens is 252 g/mol. The molecule has 1 aromatic carbocycles. The summed E-state index contributed by atoms with van der Waals surface area (Å²) in [6.45, 7) is 6.35. The van der Waals surface area contributed by atoms with E-state index in [0.717, 1.165) is 19.4 Å². The molecule has 4 nitrogen and oxygen atoms in total. The van der Waals surface area contributed by atoms with Crippen LogP contribution in [0.1, 0.15) is 24.5 Å². The molecule has 0 radical (unpaired) electrons. The minimum atomic E-state index is -0.124. The molecule has 1 aliphatic heterocycles. The van der Waals surface area contributed by atoms with Crippen LogP contribution in [0.15, 0.2) is 18.2 Å². The zero-order chi connectivity index (χ0) is 14.5. The Labute approximate surface area is 121 Å². The third-order valence-corrected chi connectivity index (χ3v) is 3.84. The third kappa shape index (κ3) is 3.31. The SMILES string of the molecule is COCCCNC(=O)[C@@H](C)N1CCc2cc(C)ccc21. The zero-order valence-electron chi connectivity index (χ0n) is 12.6. The summed E-state index contributed by atoms with van der Waals surface area (Å²) >= 11 is 0. The number of benzene rings is 1. The lowest BCUT2D eigenvalue weighted by Gasteiger charge is -2.26. The predicted molar refractivity (Wildman–Crippen MR) is 81.2 cm³/mol. The van der Waals surface area contributed by atoms with E-state index in [2.05, 4.69) is 35.3 Å². The van der Waals surface area contributed by atoms with Crippen LogP contribution >= 0.6 is 0 Å². The Morgan fingerprint density at radius 2 is 2.30 bits per heavy atom. The van der Waals surface area contributed by atoms with Crippen molar-refractivity contribution in [3.63, 3.8) is 0 Å². The molecule has 2 rings (SSSR count). The predicted octanol–water partition coefficient (Wildman–Crippen LogP) is 1.90. The van der Waals surface area contributed by atoms with Crippen LogP contribution in [0.25, 0.3) is 0 Å². The van der Waals surface area contributed by atoms with E-state index in [1.165, 1.54) is 16.8 Å². The van der Waals surface area contributed by atoms with Gasteiger partial charge in [0.1, 0.15) is 6.04 Å². The van der Waals surface area contributed by atoms with E-state index in [9.17, 15) is 4.79 Å².